The summed E-state index contributed by atoms with van der Waals surface area (Å²) >= 11 is 0. The Balaban J connectivity index is 1.51. The largest absolute Gasteiger partial charge is 0.337 e. The zero-order valence-electron chi connectivity index (χ0n) is 14.9. The van der Waals surface area contributed by atoms with Crippen molar-refractivity contribution < 1.29 is 4.79 Å². The first kappa shape index (κ1) is 16.6. The van der Waals surface area contributed by atoms with Gasteiger partial charge < -0.3 is 4.90 Å². The molecule has 1 aliphatic heterocycles. The quantitative estimate of drug-likeness (QED) is 0.729. The lowest BCUT2D eigenvalue weighted by Crippen LogP contribution is -2.41. The molecule has 3 heterocycles. The minimum atomic E-state index is 0.0104. The van der Waals surface area contributed by atoms with Gasteiger partial charge in [-0.2, -0.15) is 0 Å². The van der Waals surface area contributed by atoms with E-state index in [9.17, 15) is 4.79 Å². The Kier molecular flexibility index (Phi) is 4.61. The highest BCUT2D eigenvalue weighted by Crippen LogP contribution is 2.25. The van der Waals surface area contributed by atoms with Crippen LogP contribution in [0, 0.1) is 12.8 Å². The molecule has 2 aromatic heterocycles. The number of hydrogen-bond donors (Lipinski definition) is 0. The van der Waals surface area contributed by atoms with Gasteiger partial charge in [0.05, 0.1) is 5.52 Å². The molecular formula is C21H22N4O. The molecule has 1 aromatic carbocycles. The second-order valence-corrected chi connectivity index (χ2v) is 6.94. The molecule has 5 nitrogen and oxygen atoms in total. The summed E-state index contributed by atoms with van der Waals surface area (Å²) in [6, 6.07) is 12.1. The standard InChI is InChI=1S/C21H22N4O/c1-15-22-11-9-19(24-15)21(26)25-12-4-5-16(14-25)13-18-7-2-6-17-8-3-10-23-20(17)18/h2-3,6-11,16H,4-5,12-14H2,1H3/t16-/m1/s1. The van der Waals surface area contributed by atoms with Crippen LogP contribution in [-0.4, -0.2) is 38.8 Å². The molecular weight excluding hydrogens is 324 g/mol. The van der Waals surface area contributed by atoms with Crippen LogP contribution < -0.4 is 0 Å². The zero-order valence-corrected chi connectivity index (χ0v) is 14.9. The SMILES string of the molecule is Cc1nccc(C(=O)N2CCC[C@H](Cc3cccc4cccnc34)C2)n1. The number of aryl methyl sites for hydroxylation is 1. The van der Waals surface area contributed by atoms with Crippen molar-refractivity contribution in [2.75, 3.05) is 13.1 Å². The van der Waals surface area contributed by atoms with Crippen LogP contribution >= 0.6 is 0 Å². The molecule has 1 amide bonds. The van der Waals surface area contributed by atoms with E-state index in [1.165, 1.54) is 10.9 Å². The van der Waals surface area contributed by atoms with Gasteiger partial charge >= 0.3 is 0 Å². The van der Waals surface area contributed by atoms with Crippen LogP contribution in [0.4, 0.5) is 0 Å². The summed E-state index contributed by atoms with van der Waals surface area (Å²) < 4.78 is 0. The van der Waals surface area contributed by atoms with Crippen molar-refractivity contribution in [2.24, 2.45) is 5.92 Å². The number of nitrogens with zero attached hydrogens (tertiary/aromatic N) is 4. The van der Waals surface area contributed by atoms with E-state index in [1.807, 2.05) is 24.1 Å². The van der Waals surface area contributed by atoms with E-state index in [4.69, 9.17) is 0 Å². The first-order valence-electron chi connectivity index (χ1n) is 9.12. The van der Waals surface area contributed by atoms with Crippen LogP contribution in [0.2, 0.25) is 0 Å². The molecule has 0 unspecified atom stereocenters. The minimum absolute atomic E-state index is 0.0104. The monoisotopic (exact) mass is 346 g/mol. The van der Waals surface area contributed by atoms with Gasteiger partial charge in [0, 0.05) is 30.9 Å². The van der Waals surface area contributed by atoms with E-state index < -0.39 is 0 Å². The number of rotatable bonds is 3. The highest BCUT2D eigenvalue weighted by molar-refractivity contribution is 5.92. The lowest BCUT2D eigenvalue weighted by atomic mass is 9.90. The third-order valence-electron chi connectivity index (χ3n) is 5.03. The smallest absolute Gasteiger partial charge is 0.272 e. The second-order valence-electron chi connectivity index (χ2n) is 6.94. The van der Waals surface area contributed by atoms with Crippen molar-refractivity contribution in [3.8, 4) is 0 Å². The number of amides is 1. The van der Waals surface area contributed by atoms with Crippen molar-refractivity contribution in [1.29, 1.82) is 0 Å². The normalized spacial score (nSPS) is 17.4. The Morgan fingerprint density at radius 1 is 1.15 bits per heavy atom. The van der Waals surface area contributed by atoms with Gasteiger partial charge in [-0.25, -0.2) is 9.97 Å². The number of aromatic nitrogens is 3. The number of carbonyl (C=O) groups is 1. The predicted molar refractivity (Wildman–Crippen MR) is 101 cm³/mol. The summed E-state index contributed by atoms with van der Waals surface area (Å²) in [4.78, 5) is 27.6. The highest BCUT2D eigenvalue weighted by atomic mass is 16.2. The van der Waals surface area contributed by atoms with Crippen molar-refractivity contribution in [2.45, 2.75) is 26.2 Å². The fourth-order valence-corrected chi connectivity index (χ4v) is 3.80. The summed E-state index contributed by atoms with van der Waals surface area (Å²) in [6.07, 6.45) is 6.61. The number of para-hydroxylation sites is 1. The lowest BCUT2D eigenvalue weighted by molar-refractivity contribution is 0.0667. The van der Waals surface area contributed by atoms with Gasteiger partial charge in [0.25, 0.3) is 5.91 Å². The Labute approximate surface area is 153 Å². The number of fused-ring (bicyclic) bond motifs is 1. The average molecular weight is 346 g/mol. The molecule has 0 radical (unpaired) electrons. The van der Waals surface area contributed by atoms with E-state index >= 15 is 0 Å². The number of benzene rings is 1. The topological polar surface area (TPSA) is 59.0 Å². The third kappa shape index (κ3) is 3.43. The van der Waals surface area contributed by atoms with Gasteiger partial charge in [0.1, 0.15) is 11.5 Å². The molecule has 0 bridgehead atoms. The van der Waals surface area contributed by atoms with Gasteiger partial charge in [0.15, 0.2) is 0 Å². The van der Waals surface area contributed by atoms with Gasteiger partial charge in [0.2, 0.25) is 0 Å². The second kappa shape index (κ2) is 7.20. The molecule has 0 saturated carbocycles. The molecule has 1 atom stereocenters. The summed E-state index contributed by atoms with van der Waals surface area (Å²) in [5.74, 6) is 1.09. The molecule has 1 aliphatic rings. The van der Waals surface area contributed by atoms with Crippen LogP contribution in [0.25, 0.3) is 10.9 Å². The fourth-order valence-electron chi connectivity index (χ4n) is 3.80. The number of carbonyl (C=O) groups excluding carboxylic acids is 1. The summed E-state index contributed by atoms with van der Waals surface area (Å²) in [6.45, 7) is 3.38. The molecule has 26 heavy (non-hydrogen) atoms. The zero-order chi connectivity index (χ0) is 17.9. The van der Waals surface area contributed by atoms with Crippen molar-refractivity contribution in [3.63, 3.8) is 0 Å². The van der Waals surface area contributed by atoms with Crippen molar-refractivity contribution >= 4 is 16.8 Å². The molecule has 132 valence electrons. The maximum absolute atomic E-state index is 12.8. The first-order valence-corrected chi connectivity index (χ1v) is 9.12. The number of piperidine rings is 1. The van der Waals surface area contributed by atoms with Crippen LogP contribution in [0.3, 0.4) is 0 Å². The minimum Gasteiger partial charge on any atom is -0.337 e. The maximum Gasteiger partial charge on any atom is 0.272 e. The Morgan fingerprint density at radius 3 is 2.92 bits per heavy atom. The van der Waals surface area contributed by atoms with E-state index in [-0.39, 0.29) is 5.91 Å². The van der Waals surface area contributed by atoms with Crippen LogP contribution in [0.5, 0.6) is 0 Å². The van der Waals surface area contributed by atoms with Gasteiger partial charge in [-0.15, -0.1) is 0 Å². The van der Waals surface area contributed by atoms with Crippen LogP contribution in [-0.2, 0) is 6.42 Å². The first-order chi connectivity index (χ1) is 12.7. The van der Waals surface area contributed by atoms with E-state index in [0.29, 0.717) is 17.4 Å². The third-order valence-corrected chi connectivity index (χ3v) is 5.03. The van der Waals surface area contributed by atoms with E-state index in [1.54, 1.807) is 12.3 Å². The highest BCUT2D eigenvalue weighted by Gasteiger charge is 2.26. The Bertz CT molecular complexity index is 935. The number of likely N-dealkylation sites (tertiary alicyclic amines) is 1. The predicted octanol–water partition coefficient (Wildman–Crippen LogP) is 3.43. The number of pyridine rings is 1. The van der Waals surface area contributed by atoms with E-state index in [0.717, 1.165) is 37.9 Å². The summed E-state index contributed by atoms with van der Waals surface area (Å²) in [7, 11) is 0. The number of hydrogen-bond acceptors (Lipinski definition) is 4. The Hall–Kier alpha value is -2.82. The van der Waals surface area contributed by atoms with Crippen LogP contribution in [0.1, 0.15) is 34.7 Å². The van der Waals surface area contributed by atoms with Gasteiger partial charge in [-0.1, -0.05) is 24.3 Å². The lowest BCUT2D eigenvalue weighted by Gasteiger charge is -2.32. The van der Waals surface area contributed by atoms with Gasteiger partial charge in [-0.05, 0) is 49.8 Å². The van der Waals surface area contributed by atoms with Crippen molar-refractivity contribution in [3.05, 3.63) is 65.9 Å². The maximum atomic E-state index is 12.8. The molecule has 0 spiro atoms. The molecule has 0 aliphatic carbocycles. The van der Waals surface area contributed by atoms with Crippen LogP contribution in [0.15, 0.2) is 48.8 Å². The molecule has 1 saturated heterocycles. The molecule has 5 heteroatoms. The Morgan fingerprint density at radius 2 is 2.04 bits per heavy atom. The fraction of sp³-hybridized carbons (Fsp3) is 0.333. The van der Waals surface area contributed by atoms with Crippen molar-refractivity contribution in [1.82, 2.24) is 19.9 Å². The summed E-state index contributed by atoms with van der Waals surface area (Å²) in [5, 5.41) is 1.17. The van der Waals surface area contributed by atoms with Gasteiger partial charge in [-0.3, -0.25) is 9.78 Å². The molecule has 1 fully saturated rings. The average Bonchev–Trinajstić information content (AvgIpc) is 2.68. The summed E-state index contributed by atoms with van der Waals surface area (Å²) in [5.41, 5.74) is 2.83. The van der Waals surface area contributed by atoms with E-state index in [2.05, 4.69) is 39.2 Å². The molecule has 0 N–H and O–H groups in total. The molecule has 4 rings (SSSR count). The molecule has 3 aromatic rings.